The van der Waals surface area contributed by atoms with Gasteiger partial charge in [0, 0.05) is 11.6 Å². The minimum Gasteiger partial charge on any atom is -0.355 e. The highest BCUT2D eigenvalue weighted by Crippen LogP contribution is 2.21. The van der Waals surface area contributed by atoms with Gasteiger partial charge in [0.15, 0.2) is 5.16 Å². The Bertz CT molecular complexity index is 1000. The topological polar surface area (TPSA) is 63.1 Å². The number of hydrogen-bond donors (Lipinski definition) is 1. The second-order valence-electron chi connectivity index (χ2n) is 7.97. The maximum Gasteiger partial charge on any atom is 0.230 e. The molecule has 0 saturated carbocycles. The van der Waals surface area contributed by atoms with Crippen LogP contribution in [0.5, 0.6) is 0 Å². The SMILES string of the molecule is O=C(CSc1nnc(CN2CCCC2)n1Cc1ccccc1)NCCc1ccc(Cl)cc1. The van der Waals surface area contributed by atoms with Crippen molar-refractivity contribution in [1.29, 1.82) is 0 Å². The monoisotopic (exact) mass is 469 g/mol. The minimum atomic E-state index is -0.000632. The van der Waals surface area contributed by atoms with Crippen LogP contribution >= 0.6 is 23.4 Å². The van der Waals surface area contributed by atoms with Gasteiger partial charge in [-0.25, -0.2) is 0 Å². The van der Waals surface area contributed by atoms with Crippen molar-refractivity contribution in [3.05, 3.63) is 76.6 Å². The molecule has 0 aliphatic carbocycles. The molecule has 32 heavy (non-hydrogen) atoms. The lowest BCUT2D eigenvalue weighted by molar-refractivity contribution is -0.118. The van der Waals surface area contributed by atoms with Gasteiger partial charge in [-0.15, -0.1) is 10.2 Å². The fourth-order valence-electron chi connectivity index (χ4n) is 3.79. The molecule has 1 saturated heterocycles. The summed E-state index contributed by atoms with van der Waals surface area (Å²) in [6.45, 7) is 4.32. The quantitative estimate of drug-likeness (QED) is 0.454. The first kappa shape index (κ1) is 22.8. The molecule has 1 fully saturated rings. The number of likely N-dealkylation sites (tertiary alicyclic amines) is 1. The number of halogens is 1. The molecule has 1 N–H and O–H groups in total. The van der Waals surface area contributed by atoms with Crippen molar-refractivity contribution in [2.75, 3.05) is 25.4 Å². The van der Waals surface area contributed by atoms with E-state index in [0.717, 1.165) is 47.6 Å². The van der Waals surface area contributed by atoms with Gasteiger partial charge in [-0.1, -0.05) is 65.8 Å². The van der Waals surface area contributed by atoms with Crippen LogP contribution in [0.1, 0.15) is 29.8 Å². The fraction of sp³-hybridized carbons (Fsp3) is 0.375. The molecule has 8 heteroatoms. The molecular formula is C24H28ClN5OS. The van der Waals surface area contributed by atoms with E-state index in [4.69, 9.17) is 11.6 Å². The van der Waals surface area contributed by atoms with Crippen LogP contribution in [0, 0.1) is 0 Å². The summed E-state index contributed by atoms with van der Waals surface area (Å²) in [6.07, 6.45) is 3.26. The lowest BCUT2D eigenvalue weighted by Crippen LogP contribution is -2.27. The summed E-state index contributed by atoms with van der Waals surface area (Å²) in [7, 11) is 0. The molecule has 6 nitrogen and oxygen atoms in total. The van der Waals surface area contributed by atoms with E-state index in [1.54, 1.807) is 0 Å². The number of carbonyl (C=O) groups is 1. The molecule has 0 bridgehead atoms. The van der Waals surface area contributed by atoms with Crippen LogP contribution in [0.25, 0.3) is 0 Å². The van der Waals surface area contributed by atoms with Gasteiger partial charge in [-0.05, 0) is 55.6 Å². The molecule has 1 aliphatic rings. The molecule has 1 aliphatic heterocycles. The van der Waals surface area contributed by atoms with Crippen LogP contribution < -0.4 is 5.32 Å². The minimum absolute atomic E-state index is 0.000632. The smallest absolute Gasteiger partial charge is 0.230 e. The Morgan fingerprint density at radius 3 is 2.47 bits per heavy atom. The summed E-state index contributed by atoms with van der Waals surface area (Å²) in [6, 6.07) is 18.0. The number of hydrogen-bond acceptors (Lipinski definition) is 5. The van der Waals surface area contributed by atoms with Gasteiger partial charge in [0.1, 0.15) is 5.82 Å². The van der Waals surface area contributed by atoms with Crippen LogP contribution in [-0.2, 0) is 24.3 Å². The summed E-state index contributed by atoms with van der Waals surface area (Å²) < 4.78 is 2.15. The second kappa shape index (κ2) is 11.5. The molecule has 0 atom stereocenters. The fourth-order valence-corrected chi connectivity index (χ4v) is 4.70. The summed E-state index contributed by atoms with van der Waals surface area (Å²) in [5.74, 6) is 1.28. The van der Waals surface area contributed by atoms with E-state index in [9.17, 15) is 4.79 Å². The highest BCUT2D eigenvalue weighted by atomic mass is 35.5. The maximum absolute atomic E-state index is 12.4. The van der Waals surface area contributed by atoms with Crippen LogP contribution in [-0.4, -0.2) is 51.0 Å². The van der Waals surface area contributed by atoms with Crippen LogP contribution in [0.15, 0.2) is 59.8 Å². The third kappa shape index (κ3) is 6.58. The summed E-state index contributed by atoms with van der Waals surface area (Å²) in [5, 5.41) is 13.4. The van der Waals surface area contributed by atoms with Crippen LogP contribution in [0.2, 0.25) is 5.02 Å². The third-order valence-electron chi connectivity index (χ3n) is 5.52. The largest absolute Gasteiger partial charge is 0.355 e. The molecule has 168 valence electrons. The molecule has 3 aromatic rings. The van der Waals surface area contributed by atoms with Crippen molar-refractivity contribution in [3.8, 4) is 0 Å². The van der Waals surface area contributed by atoms with E-state index < -0.39 is 0 Å². The molecule has 4 rings (SSSR count). The van der Waals surface area contributed by atoms with Gasteiger partial charge in [-0.3, -0.25) is 9.69 Å². The molecule has 0 spiro atoms. The first-order chi connectivity index (χ1) is 15.7. The number of benzene rings is 2. The standard InChI is InChI=1S/C24H28ClN5OS/c25-21-10-8-19(9-11-21)12-13-26-23(31)18-32-24-28-27-22(17-29-14-4-5-15-29)30(24)16-20-6-2-1-3-7-20/h1-3,6-11H,4-5,12-18H2,(H,26,31). The zero-order valence-corrected chi connectivity index (χ0v) is 19.6. The molecule has 2 heterocycles. The van der Waals surface area contributed by atoms with E-state index in [1.165, 1.54) is 30.2 Å². The molecule has 0 unspecified atom stereocenters. The average molecular weight is 470 g/mol. The number of amides is 1. The van der Waals surface area contributed by atoms with Crippen molar-refractivity contribution in [1.82, 2.24) is 25.0 Å². The van der Waals surface area contributed by atoms with E-state index >= 15 is 0 Å². The Morgan fingerprint density at radius 1 is 0.969 bits per heavy atom. The van der Waals surface area contributed by atoms with E-state index in [-0.39, 0.29) is 5.91 Å². The highest BCUT2D eigenvalue weighted by Gasteiger charge is 2.19. The van der Waals surface area contributed by atoms with Gasteiger partial charge in [0.25, 0.3) is 0 Å². The number of thioether (sulfide) groups is 1. The van der Waals surface area contributed by atoms with Crippen LogP contribution in [0.3, 0.4) is 0 Å². The van der Waals surface area contributed by atoms with Crippen molar-refractivity contribution in [2.45, 2.75) is 37.5 Å². The normalized spacial score (nSPS) is 14.0. The summed E-state index contributed by atoms with van der Waals surface area (Å²) in [4.78, 5) is 14.8. The first-order valence-electron chi connectivity index (χ1n) is 11.0. The maximum atomic E-state index is 12.4. The molecule has 1 aromatic heterocycles. The number of nitrogens with zero attached hydrogens (tertiary/aromatic N) is 4. The van der Waals surface area contributed by atoms with E-state index in [2.05, 4.69) is 37.1 Å². The zero-order valence-electron chi connectivity index (χ0n) is 18.0. The first-order valence-corrected chi connectivity index (χ1v) is 12.4. The highest BCUT2D eigenvalue weighted by molar-refractivity contribution is 7.99. The third-order valence-corrected chi connectivity index (χ3v) is 6.74. The van der Waals surface area contributed by atoms with E-state index in [0.29, 0.717) is 18.8 Å². The molecule has 1 amide bonds. The molecule has 0 radical (unpaired) electrons. The van der Waals surface area contributed by atoms with Crippen LogP contribution in [0.4, 0.5) is 0 Å². The summed E-state index contributed by atoms with van der Waals surface area (Å²) in [5.41, 5.74) is 2.35. The average Bonchev–Trinajstić information content (AvgIpc) is 3.45. The van der Waals surface area contributed by atoms with Crippen molar-refractivity contribution in [3.63, 3.8) is 0 Å². The Morgan fingerprint density at radius 2 is 1.72 bits per heavy atom. The Labute approximate surface area is 198 Å². The molecule has 2 aromatic carbocycles. The van der Waals surface area contributed by atoms with Gasteiger partial charge < -0.3 is 9.88 Å². The number of rotatable bonds is 10. The molecular weight excluding hydrogens is 442 g/mol. The van der Waals surface area contributed by atoms with Crippen molar-refractivity contribution < 1.29 is 4.79 Å². The van der Waals surface area contributed by atoms with Gasteiger partial charge in [-0.2, -0.15) is 0 Å². The van der Waals surface area contributed by atoms with Crippen molar-refractivity contribution >= 4 is 29.3 Å². The number of nitrogens with one attached hydrogen (secondary N) is 1. The number of aromatic nitrogens is 3. The lowest BCUT2D eigenvalue weighted by Gasteiger charge is -2.16. The predicted octanol–water partition coefficient (Wildman–Crippen LogP) is 4.03. The lowest BCUT2D eigenvalue weighted by atomic mass is 10.1. The Kier molecular flexibility index (Phi) is 8.20. The number of carbonyl (C=O) groups excluding carboxylic acids is 1. The Balaban J connectivity index is 1.34. The summed E-state index contributed by atoms with van der Waals surface area (Å²) >= 11 is 7.36. The predicted molar refractivity (Wildman–Crippen MR) is 129 cm³/mol. The van der Waals surface area contributed by atoms with Gasteiger partial charge in [0.05, 0.1) is 18.8 Å². The Hall–Kier alpha value is -2.35. The van der Waals surface area contributed by atoms with Gasteiger partial charge in [0.2, 0.25) is 5.91 Å². The second-order valence-corrected chi connectivity index (χ2v) is 9.35. The van der Waals surface area contributed by atoms with Crippen molar-refractivity contribution in [2.24, 2.45) is 0 Å². The zero-order chi connectivity index (χ0) is 22.2. The van der Waals surface area contributed by atoms with Gasteiger partial charge >= 0.3 is 0 Å². The van der Waals surface area contributed by atoms with E-state index in [1.807, 2.05) is 42.5 Å².